The first-order chi connectivity index (χ1) is 7.11. The van der Waals surface area contributed by atoms with Crippen LogP contribution in [0.5, 0.6) is 0 Å². The molecule has 0 saturated heterocycles. The van der Waals surface area contributed by atoms with Gasteiger partial charge in [0.2, 0.25) is 0 Å². The van der Waals surface area contributed by atoms with Crippen LogP contribution in [0.3, 0.4) is 0 Å². The van der Waals surface area contributed by atoms with Crippen molar-refractivity contribution in [1.29, 1.82) is 0 Å². The van der Waals surface area contributed by atoms with Crippen molar-refractivity contribution in [2.45, 2.75) is 18.7 Å². The lowest BCUT2D eigenvalue weighted by Crippen LogP contribution is -2.12. The summed E-state index contributed by atoms with van der Waals surface area (Å²) in [6.45, 7) is 3.95. The first-order valence-corrected chi connectivity index (χ1v) is 5.69. The van der Waals surface area contributed by atoms with Crippen LogP contribution in [0.25, 0.3) is 0 Å². The van der Waals surface area contributed by atoms with Crippen LogP contribution in [0.15, 0.2) is 9.69 Å². The summed E-state index contributed by atoms with van der Waals surface area (Å²) in [5.74, 6) is 0.255. The summed E-state index contributed by atoms with van der Waals surface area (Å²) >= 11 is 1.34. The summed E-state index contributed by atoms with van der Waals surface area (Å²) in [7, 11) is 1.57. The van der Waals surface area contributed by atoms with Gasteiger partial charge < -0.3 is 4.74 Å². The van der Waals surface area contributed by atoms with E-state index in [2.05, 4.69) is 5.10 Å². The maximum absolute atomic E-state index is 11.6. The molecule has 0 spiro atoms. The highest BCUT2D eigenvalue weighted by Crippen LogP contribution is 2.17. The third-order valence-electron chi connectivity index (χ3n) is 1.77. The molecule has 1 rings (SSSR count). The standard InChI is InChI=1S/C9H14N2O3S/c1-4-14-9(13)6-7(15-5-2)8(12)11(3)10-6/h10H,4-5H2,1-3H3. The molecule has 5 nitrogen and oxygen atoms in total. The maximum Gasteiger partial charge on any atom is 0.357 e. The number of rotatable bonds is 4. The summed E-state index contributed by atoms with van der Waals surface area (Å²) in [6, 6.07) is 0. The summed E-state index contributed by atoms with van der Waals surface area (Å²) in [5.41, 5.74) is 0.0566. The maximum atomic E-state index is 11.6. The van der Waals surface area contributed by atoms with Crippen LogP contribution in [0, 0.1) is 0 Å². The Bertz CT molecular complexity index is 408. The lowest BCUT2D eigenvalue weighted by Gasteiger charge is -2.00. The monoisotopic (exact) mass is 230 g/mol. The Morgan fingerprint density at radius 1 is 1.53 bits per heavy atom. The summed E-state index contributed by atoms with van der Waals surface area (Å²) in [6.07, 6.45) is 0. The Kier molecular flexibility index (Phi) is 4.02. The number of aryl methyl sites for hydroxylation is 1. The quantitative estimate of drug-likeness (QED) is 0.619. The molecule has 1 aromatic rings. The van der Waals surface area contributed by atoms with E-state index in [9.17, 15) is 9.59 Å². The van der Waals surface area contributed by atoms with Gasteiger partial charge in [0.25, 0.3) is 5.56 Å². The highest BCUT2D eigenvalue weighted by atomic mass is 32.2. The van der Waals surface area contributed by atoms with E-state index in [0.29, 0.717) is 11.5 Å². The van der Waals surface area contributed by atoms with E-state index in [1.165, 1.54) is 16.4 Å². The van der Waals surface area contributed by atoms with Gasteiger partial charge in [-0.05, 0) is 12.7 Å². The van der Waals surface area contributed by atoms with E-state index in [4.69, 9.17) is 4.74 Å². The van der Waals surface area contributed by atoms with Crippen molar-refractivity contribution in [3.63, 3.8) is 0 Å². The van der Waals surface area contributed by atoms with Crippen LogP contribution < -0.4 is 5.56 Å². The minimum absolute atomic E-state index is 0.190. The predicted molar refractivity (Wildman–Crippen MR) is 58.4 cm³/mol. The lowest BCUT2D eigenvalue weighted by atomic mass is 10.4. The number of aromatic amines is 1. The molecule has 6 heteroatoms. The van der Waals surface area contributed by atoms with Crippen LogP contribution in [0.1, 0.15) is 24.3 Å². The number of H-pyrrole nitrogens is 1. The molecule has 84 valence electrons. The molecular formula is C9H14N2O3S. The molecule has 0 bridgehead atoms. The van der Waals surface area contributed by atoms with Crippen molar-refractivity contribution >= 4 is 17.7 Å². The number of esters is 1. The molecule has 0 saturated carbocycles. The zero-order chi connectivity index (χ0) is 11.4. The molecule has 0 unspecified atom stereocenters. The molecule has 0 aliphatic heterocycles. The van der Waals surface area contributed by atoms with Gasteiger partial charge in [-0.25, -0.2) is 4.79 Å². The van der Waals surface area contributed by atoms with Gasteiger partial charge in [0.15, 0.2) is 5.69 Å². The molecule has 0 fully saturated rings. The van der Waals surface area contributed by atoms with E-state index in [0.717, 1.165) is 5.75 Å². The Morgan fingerprint density at radius 2 is 2.20 bits per heavy atom. The molecule has 15 heavy (non-hydrogen) atoms. The zero-order valence-electron chi connectivity index (χ0n) is 8.99. The second-order valence-electron chi connectivity index (χ2n) is 2.83. The second kappa shape index (κ2) is 5.06. The topological polar surface area (TPSA) is 64.1 Å². The van der Waals surface area contributed by atoms with Crippen LogP contribution in [-0.2, 0) is 11.8 Å². The summed E-state index contributed by atoms with van der Waals surface area (Å²) < 4.78 is 6.13. The zero-order valence-corrected chi connectivity index (χ0v) is 9.81. The van der Waals surface area contributed by atoms with Crippen molar-refractivity contribution < 1.29 is 9.53 Å². The number of carbonyl (C=O) groups excluding carboxylic acids is 1. The molecule has 0 amide bonds. The van der Waals surface area contributed by atoms with E-state index < -0.39 is 5.97 Å². The Hall–Kier alpha value is -1.17. The summed E-state index contributed by atoms with van der Waals surface area (Å²) in [5, 5.41) is 2.69. The number of aromatic nitrogens is 2. The number of thioether (sulfide) groups is 1. The molecule has 0 aliphatic rings. The van der Waals surface area contributed by atoms with Crippen LogP contribution in [0.2, 0.25) is 0 Å². The third kappa shape index (κ3) is 2.44. The molecule has 1 aromatic heterocycles. The molecule has 0 atom stereocenters. The fourth-order valence-electron chi connectivity index (χ4n) is 1.15. The van der Waals surface area contributed by atoms with E-state index in [-0.39, 0.29) is 11.3 Å². The van der Waals surface area contributed by atoms with Gasteiger partial charge in [0, 0.05) is 7.05 Å². The fourth-order valence-corrected chi connectivity index (χ4v) is 1.97. The van der Waals surface area contributed by atoms with E-state index in [1.54, 1.807) is 14.0 Å². The number of hydrogen-bond acceptors (Lipinski definition) is 4. The van der Waals surface area contributed by atoms with Gasteiger partial charge in [-0.1, -0.05) is 6.92 Å². The largest absolute Gasteiger partial charge is 0.461 e. The number of ether oxygens (including phenoxy) is 1. The lowest BCUT2D eigenvalue weighted by molar-refractivity contribution is 0.0514. The van der Waals surface area contributed by atoms with E-state index in [1.807, 2.05) is 6.92 Å². The van der Waals surface area contributed by atoms with Gasteiger partial charge in [-0.15, -0.1) is 11.8 Å². The predicted octanol–water partition coefficient (Wildman–Crippen LogP) is 1.00. The average molecular weight is 230 g/mol. The highest BCUT2D eigenvalue weighted by Gasteiger charge is 2.19. The first kappa shape index (κ1) is 11.9. The van der Waals surface area contributed by atoms with Crippen molar-refractivity contribution in [1.82, 2.24) is 9.78 Å². The van der Waals surface area contributed by atoms with Crippen molar-refractivity contribution in [2.75, 3.05) is 12.4 Å². The first-order valence-electron chi connectivity index (χ1n) is 4.70. The van der Waals surface area contributed by atoms with Gasteiger partial charge >= 0.3 is 5.97 Å². The number of carbonyl (C=O) groups is 1. The minimum Gasteiger partial charge on any atom is -0.461 e. The molecule has 0 aliphatic carbocycles. The molecule has 1 heterocycles. The van der Waals surface area contributed by atoms with Gasteiger partial charge in [0.05, 0.1) is 6.61 Å². The number of hydrogen-bond donors (Lipinski definition) is 1. The Balaban J connectivity index is 3.11. The van der Waals surface area contributed by atoms with Crippen LogP contribution in [-0.4, -0.2) is 28.1 Å². The second-order valence-corrected chi connectivity index (χ2v) is 4.11. The van der Waals surface area contributed by atoms with Crippen molar-refractivity contribution in [3.05, 3.63) is 16.0 Å². The van der Waals surface area contributed by atoms with Gasteiger partial charge in [-0.2, -0.15) is 0 Å². The normalized spacial score (nSPS) is 10.3. The molecule has 1 N–H and O–H groups in total. The fraction of sp³-hybridized carbons (Fsp3) is 0.556. The highest BCUT2D eigenvalue weighted by molar-refractivity contribution is 7.99. The van der Waals surface area contributed by atoms with Gasteiger partial charge in [-0.3, -0.25) is 14.6 Å². The SMILES string of the molecule is CCOC(=O)c1[nH]n(C)c(=O)c1SCC. The molecule has 0 radical (unpaired) electrons. The number of nitrogens with one attached hydrogen (secondary N) is 1. The third-order valence-corrected chi connectivity index (χ3v) is 2.73. The Morgan fingerprint density at radius 3 is 2.73 bits per heavy atom. The minimum atomic E-state index is -0.480. The Labute approximate surface area is 91.8 Å². The smallest absolute Gasteiger partial charge is 0.357 e. The molecular weight excluding hydrogens is 216 g/mol. The van der Waals surface area contributed by atoms with Crippen LogP contribution >= 0.6 is 11.8 Å². The van der Waals surface area contributed by atoms with E-state index >= 15 is 0 Å². The van der Waals surface area contributed by atoms with Crippen LogP contribution in [0.4, 0.5) is 0 Å². The molecule has 0 aromatic carbocycles. The van der Waals surface area contributed by atoms with Gasteiger partial charge in [0.1, 0.15) is 4.90 Å². The number of nitrogens with zero attached hydrogens (tertiary/aromatic N) is 1. The summed E-state index contributed by atoms with van der Waals surface area (Å²) in [4.78, 5) is 23.5. The van der Waals surface area contributed by atoms with Crippen molar-refractivity contribution in [2.24, 2.45) is 7.05 Å². The average Bonchev–Trinajstić information content (AvgIpc) is 2.47. The van der Waals surface area contributed by atoms with Crippen molar-refractivity contribution in [3.8, 4) is 0 Å².